The van der Waals surface area contributed by atoms with Crippen molar-refractivity contribution in [2.75, 3.05) is 0 Å². The van der Waals surface area contributed by atoms with Crippen molar-refractivity contribution in [1.82, 2.24) is 14.8 Å². The molecule has 2 fully saturated rings. The smallest absolute Gasteiger partial charge is 0.148 e. The quantitative estimate of drug-likeness (QED) is 0.759. The summed E-state index contributed by atoms with van der Waals surface area (Å²) in [6.07, 6.45) is 12.0. The second kappa shape index (κ2) is 5.60. The molecular weight excluding hydrogens is 246 g/mol. The third-order valence-corrected chi connectivity index (χ3v) is 4.61. The summed E-state index contributed by atoms with van der Waals surface area (Å²) in [5.41, 5.74) is 0. The summed E-state index contributed by atoms with van der Waals surface area (Å²) in [6.45, 7) is 0. The van der Waals surface area contributed by atoms with Crippen molar-refractivity contribution in [1.29, 1.82) is 0 Å². The van der Waals surface area contributed by atoms with Crippen LogP contribution in [0.25, 0.3) is 0 Å². The largest absolute Gasteiger partial charge is 0.311 e. The lowest BCUT2D eigenvalue weighted by molar-refractivity contribution is 0.336. The van der Waals surface area contributed by atoms with Gasteiger partial charge in [0.2, 0.25) is 0 Å². The molecule has 2 aliphatic carbocycles. The second-order valence-corrected chi connectivity index (χ2v) is 6.08. The first-order valence-corrected chi connectivity index (χ1v) is 7.90. The van der Waals surface area contributed by atoms with Crippen LogP contribution in [-0.4, -0.2) is 14.8 Å². The molecule has 0 aromatic carbocycles. The standard InChI is InChI=1S/C14H22ClN3/c15-10-14-17-16-13(18(14)12-7-8-12)9-6-11-4-2-1-3-5-11/h11-12H,1-10H2. The van der Waals surface area contributed by atoms with Gasteiger partial charge in [-0.05, 0) is 25.2 Å². The van der Waals surface area contributed by atoms with Gasteiger partial charge in [-0.15, -0.1) is 21.8 Å². The Kier molecular flexibility index (Phi) is 3.88. The van der Waals surface area contributed by atoms with Crippen LogP contribution in [0, 0.1) is 5.92 Å². The molecule has 2 aliphatic rings. The van der Waals surface area contributed by atoms with Crippen LogP contribution in [-0.2, 0) is 12.3 Å². The van der Waals surface area contributed by atoms with E-state index in [4.69, 9.17) is 11.6 Å². The van der Waals surface area contributed by atoms with Gasteiger partial charge in [0.1, 0.15) is 11.6 Å². The second-order valence-electron chi connectivity index (χ2n) is 5.81. The fraction of sp³-hybridized carbons (Fsp3) is 0.857. The molecule has 3 nitrogen and oxygen atoms in total. The third-order valence-electron chi connectivity index (χ3n) is 4.37. The van der Waals surface area contributed by atoms with Crippen molar-refractivity contribution in [2.24, 2.45) is 5.92 Å². The van der Waals surface area contributed by atoms with Crippen LogP contribution in [0.5, 0.6) is 0 Å². The van der Waals surface area contributed by atoms with Gasteiger partial charge in [-0.2, -0.15) is 0 Å². The first-order chi connectivity index (χ1) is 8.88. The van der Waals surface area contributed by atoms with Crippen molar-refractivity contribution in [3.63, 3.8) is 0 Å². The molecule has 0 bridgehead atoms. The number of halogens is 1. The summed E-state index contributed by atoms with van der Waals surface area (Å²) in [6, 6.07) is 0.648. The Hall–Kier alpha value is -0.570. The molecule has 0 atom stereocenters. The van der Waals surface area contributed by atoms with Crippen molar-refractivity contribution in [3.8, 4) is 0 Å². The van der Waals surface area contributed by atoms with E-state index in [9.17, 15) is 0 Å². The van der Waals surface area contributed by atoms with Gasteiger partial charge < -0.3 is 4.57 Å². The van der Waals surface area contributed by atoms with Gasteiger partial charge in [-0.1, -0.05) is 32.1 Å². The summed E-state index contributed by atoms with van der Waals surface area (Å²) < 4.78 is 2.32. The fourth-order valence-corrected chi connectivity index (χ4v) is 3.37. The van der Waals surface area contributed by atoms with E-state index in [1.54, 1.807) is 0 Å². The number of hydrogen-bond acceptors (Lipinski definition) is 2. The summed E-state index contributed by atoms with van der Waals surface area (Å²) >= 11 is 5.94. The Morgan fingerprint density at radius 3 is 2.39 bits per heavy atom. The molecule has 0 N–H and O–H groups in total. The van der Waals surface area contributed by atoms with E-state index in [2.05, 4.69) is 14.8 Å². The molecule has 1 aromatic heterocycles. The van der Waals surface area contributed by atoms with E-state index >= 15 is 0 Å². The Bertz CT molecular complexity index is 392. The van der Waals surface area contributed by atoms with Gasteiger partial charge in [0, 0.05) is 12.5 Å². The predicted molar refractivity (Wildman–Crippen MR) is 72.7 cm³/mol. The number of rotatable bonds is 5. The van der Waals surface area contributed by atoms with Crippen molar-refractivity contribution < 1.29 is 0 Å². The molecule has 0 aliphatic heterocycles. The molecule has 0 amide bonds. The molecule has 0 unspecified atom stereocenters. The van der Waals surface area contributed by atoms with E-state index < -0.39 is 0 Å². The Morgan fingerprint density at radius 1 is 1.00 bits per heavy atom. The van der Waals surface area contributed by atoms with Crippen LogP contribution in [0.2, 0.25) is 0 Å². The van der Waals surface area contributed by atoms with Crippen LogP contribution in [0.4, 0.5) is 0 Å². The number of aromatic nitrogens is 3. The Balaban J connectivity index is 1.63. The van der Waals surface area contributed by atoms with E-state index in [0.29, 0.717) is 11.9 Å². The zero-order valence-electron chi connectivity index (χ0n) is 10.9. The molecular formula is C14H22ClN3. The zero-order chi connectivity index (χ0) is 12.4. The first kappa shape index (κ1) is 12.5. The SMILES string of the molecule is ClCc1nnc(CCC2CCCCC2)n1C1CC1. The molecule has 0 radical (unpaired) electrons. The number of nitrogens with zero attached hydrogens (tertiary/aromatic N) is 3. The van der Waals surface area contributed by atoms with Crippen LogP contribution >= 0.6 is 11.6 Å². The molecule has 0 spiro atoms. The lowest BCUT2D eigenvalue weighted by Crippen LogP contribution is -2.10. The highest BCUT2D eigenvalue weighted by molar-refractivity contribution is 6.16. The lowest BCUT2D eigenvalue weighted by Gasteiger charge is -2.21. The first-order valence-electron chi connectivity index (χ1n) is 7.37. The number of alkyl halides is 1. The molecule has 4 heteroatoms. The maximum Gasteiger partial charge on any atom is 0.148 e. The topological polar surface area (TPSA) is 30.7 Å². The monoisotopic (exact) mass is 267 g/mol. The van der Waals surface area contributed by atoms with E-state index in [0.717, 1.165) is 18.2 Å². The minimum atomic E-state index is 0.493. The zero-order valence-corrected chi connectivity index (χ0v) is 11.7. The van der Waals surface area contributed by atoms with Gasteiger partial charge in [0.25, 0.3) is 0 Å². The average molecular weight is 268 g/mol. The summed E-state index contributed by atoms with van der Waals surface area (Å²) in [5.74, 6) is 3.56. The molecule has 18 heavy (non-hydrogen) atoms. The summed E-state index contributed by atoms with van der Waals surface area (Å²) in [7, 11) is 0. The van der Waals surface area contributed by atoms with Crippen LogP contribution in [0.15, 0.2) is 0 Å². The summed E-state index contributed by atoms with van der Waals surface area (Å²) in [5, 5.41) is 8.60. The van der Waals surface area contributed by atoms with Gasteiger partial charge in [-0.25, -0.2) is 0 Å². The van der Waals surface area contributed by atoms with Gasteiger partial charge in [0.15, 0.2) is 0 Å². The van der Waals surface area contributed by atoms with Gasteiger partial charge in [-0.3, -0.25) is 0 Å². The Labute approximate surface area is 114 Å². The van der Waals surface area contributed by atoms with Crippen molar-refractivity contribution in [2.45, 2.75) is 69.7 Å². The lowest BCUT2D eigenvalue weighted by atomic mass is 9.86. The van der Waals surface area contributed by atoms with Crippen LogP contribution in [0.1, 0.15) is 69.1 Å². The van der Waals surface area contributed by atoms with E-state index in [1.165, 1.54) is 57.2 Å². The molecule has 1 heterocycles. The fourth-order valence-electron chi connectivity index (χ4n) is 3.19. The minimum absolute atomic E-state index is 0.493. The molecule has 2 saturated carbocycles. The normalized spacial score (nSPS) is 21.4. The van der Waals surface area contributed by atoms with Gasteiger partial charge >= 0.3 is 0 Å². The highest BCUT2D eigenvalue weighted by Gasteiger charge is 2.29. The maximum atomic E-state index is 5.94. The highest BCUT2D eigenvalue weighted by atomic mass is 35.5. The average Bonchev–Trinajstić information content (AvgIpc) is 3.18. The molecule has 100 valence electrons. The predicted octanol–water partition coefficient (Wildman–Crippen LogP) is 3.86. The van der Waals surface area contributed by atoms with Crippen molar-refractivity contribution in [3.05, 3.63) is 11.6 Å². The van der Waals surface area contributed by atoms with Crippen LogP contribution < -0.4 is 0 Å². The Morgan fingerprint density at radius 2 is 1.72 bits per heavy atom. The van der Waals surface area contributed by atoms with Gasteiger partial charge in [0.05, 0.1) is 5.88 Å². The maximum absolute atomic E-state index is 5.94. The number of hydrogen-bond donors (Lipinski definition) is 0. The molecule has 1 aromatic rings. The van der Waals surface area contributed by atoms with E-state index in [-0.39, 0.29) is 0 Å². The highest BCUT2D eigenvalue weighted by Crippen LogP contribution is 2.37. The molecule has 0 saturated heterocycles. The van der Waals surface area contributed by atoms with E-state index in [1.807, 2.05) is 0 Å². The minimum Gasteiger partial charge on any atom is -0.311 e. The molecule has 3 rings (SSSR count). The van der Waals surface area contributed by atoms with Crippen LogP contribution in [0.3, 0.4) is 0 Å². The third kappa shape index (κ3) is 2.71. The van der Waals surface area contributed by atoms with Crippen molar-refractivity contribution >= 4 is 11.6 Å². The summed E-state index contributed by atoms with van der Waals surface area (Å²) in [4.78, 5) is 0. The number of aryl methyl sites for hydroxylation is 1.